The number of fused-ring (bicyclic) bond motifs is 1. The molecule has 1 unspecified atom stereocenters. The number of hydrogen-bond acceptors (Lipinski definition) is 4. The number of hydrogen-bond donors (Lipinski definition) is 3. The monoisotopic (exact) mass is 313 g/mol. The molecule has 0 fully saturated rings. The van der Waals surface area contributed by atoms with Crippen molar-refractivity contribution in [1.82, 2.24) is 5.06 Å². The Balaban J connectivity index is 2.28. The number of furan rings is 1. The van der Waals surface area contributed by atoms with Crippen LogP contribution in [0.1, 0.15) is 24.8 Å². The summed E-state index contributed by atoms with van der Waals surface area (Å²) in [6, 6.07) is 8.58. The van der Waals surface area contributed by atoms with E-state index >= 15 is 0 Å². The molecule has 1 aromatic carbocycles. The summed E-state index contributed by atoms with van der Waals surface area (Å²) < 4.78 is 17.1. The maximum absolute atomic E-state index is 11.6. The van der Waals surface area contributed by atoms with Crippen LogP contribution < -0.4 is 0 Å². The minimum atomic E-state index is -4.48. The number of carbonyl (C=O) groups is 1. The van der Waals surface area contributed by atoms with E-state index in [1.807, 2.05) is 0 Å². The number of amides is 1. The van der Waals surface area contributed by atoms with Crippen molar-refractivity contribution >= 4 is 24.5 Å². The summed E-state index contributed by atoms with van der Waals surface area (Å²) in [5.41, 5.74) is -0.683. The van der Waals surface area contributed by atoms with Gasteiger partial charge in [0.25, 0.3) is 0 Å². The summed E-state index contributed by atoms with van der Waals surface area (Å²) in [5.74, 6) is -0.453. The molecule has 0 aliphatic heterocycles. The van der Waals surface area contributed by atoms with Crippen LogP contribution in [0.15, 0.2) is 34.7 Å². The highest BCUT2D eigenvalue weighted by molar-refractivity contribution is 7.52. The number of rotatable bonds is 5. The van der Waals surface area contributed by atoms with Gasteiger partial charge in [0, 0.05) is 18.9 Å². The van der Waals surface area contributed by atoms with Crippen molar-refractivity contribution in [2.24, 2.45) is 0 Å². The normalized spacial score (nSPS) is 13.3. The minimum absolute atomic E-state index is 0.111. The molecular weight excluding hydrogens is 297 g/mol. The number of hydroxylamine groups is 2. The summed E-state index contributed by atoms with van der Waals surface area (Å²) in [6.07, 6.45) is -0.111. The van der Waals surface area contributed by atoms with Crippen LogP contribution >= 0.6 is 7.60 Å². The molecule has 1 atom stereocenters. The lowest BCUT2D eigenvalue weighted by atomic mass is 10.2. The van der Waals surface area contributed by atoms with Crippen LogP contribution in [0.4, 0.5) is 0 Å². The first kappa shape index (κ1) is 15.7. The van der Waals surface area contributed by atoms with Gasteiger partial charge in [-0.25, -0.2) is 5.06 Å². The molecule has 114 valence electrons. The smallest absolute Gasteiger partial charge is 0.336 e. The predicted molar refractivity (Wildman–Crippen MR) is 74.8 cm³/mol. The minimum Gasteiger partial charge on any atom is -0.460 e. The number of para-hydroxylation sites is 1. The number of carbonyl (C=O) groups excluding carboxylic acids is 1. The Morgan fingerprint density at radius 3 is 2.62 bits per heavy atom. The van der Waals surface area contributed by atoms with E-state index in [9.17, 15) is 24.4 Å². The molecule has 21 heavy (non-hydrogen) atoms. The molecule has 0 radical (unpaired) electrons. The highest BCUT2D eigenvalue weighted by atomic mass is 31.2. The topological polar surface area (TPSA) is 111 Å². The third kappa shape index (κ3) is 3.71. The second-order valence-corrected chi connectivity index (χ2v) is 6.52. The average molecular weight is 313 g/mol. The van der Waals surface area contributed by atoms with Crippen molar-refractivity contribution in [1.29, 1.82) is 0 Å². The van der Waals surface area contributed by atoms with Crippen LogP contribution in [0.25, 0.3) is 11.0 Å². The fourth-order valence-electron chi connectivity index (χ4n) is 2.04. The van der Waals surface area contributed by atoms with Gasteiger partial charge < -0.3 is 14.2 Å². The van der Waals surface area contributed by atoms with Crippen molar-refractivity contribution in [3.63, 3.8) is 0 Å². The van der Waals surface area contributed by atoms with E-state index in [4.69, 9.17) is 4.42 Å². The van der Waals surface area contributed by atoms with E-state index < -0.39 is 19.2 Å². The van der Waals surface area contributed by atoms with Crippen molar-refractivity contribution in [3.05, 3.63) is 36.1 Å². The van der Waals surface area contributed by atoms with E-state index in [0.29, 0.717) is 10.6 Å². The molecule has 1 amide bonds. The fraction of sp³-hybridized carbons (Fsp3) is 0.308. The lowest BCUT2D eigenvalue weighted by molar-refractivity contribution is -0.162. The first-order valence-electron chi connectivity index (χ1n) is 6.29. The standard InChI is InChI=1S/C13H16NO6P/c1-9(15)14(16)7-6-13(21(17,18)19)12-8-10-4-2-3-5-11(10)20-12/h2-5,8,13,16H,6-7H2,1H3,(H2,17,18,19). The number of benzene rings is 1. The lowest BCUT2D eigenvalue weighted by Crippen LogP contribution is -2.26. The van der Waals surface area contributed by atoms with E-state index in [-0.39, 0.29) is 18.7 Å². The van der Waals surface area contributed by atoms with Gasteiger partial charge in [-0.05, 0) is 18.6 Å². The fourth-order valence-corrected chi connectivity index (χ4v) is 2.96. The molecule has 0 bridgehead atoms. The Kier molecular flexibility index (Phi) is 4.49. The maximum Gasteiger partial charge on any atom is 0.336 e. The Morgan fingerprint density at radius 1 is 1.38 bits per heavy atom. The molecule has 0 aliphatic carbocycles. The van der Waals surface area contributed by atoms with Crippen molar-refractivity contribution in [2.45, 2.75) is 19.0 Å². The van der Waals surface area contributed by atoms with Crippen LogP contribution in [0.3, 0.4) is 0 Å². The molecule has 1 aromatic heterocycles. The van der Waals surface area contributed by atoms with Gasteiger partial charge in [-0.3, -0.25) is 14.6 Å². The lowest BCUT2D eigenvalue weighted by Gasteiger charge is -2.19. The van der Waals surface area contributed by atoms with E-state index in [1.54, 1.807) is 30.3 Å². The first-order chi connectivity index (χ1) is 9.79. The predicted octanol–water partition coefficient (Wildman–Crippen LogP) is 2.28. The summed E-state index contributed by atoms with van der Waals surface area (Å²) >= 11 is 0. The molecule has 7 nitrogen and oxygen atoms in total. The van der Waals surface area contributed by atoms with Gasteiger partial charge in [-0.15, -0.1) is 0 Å². The summed E-state index contributed by atoms with van der Waals surface area (Å²) in [6.45, 7) is 0.968. The third-order valence-corrected chi connectivity index (χ3v) is 4.48. The average Bonchev–Trinajstić information content (AvgIpc) is 2.80. The molecule has 0 aliphatic rings. The zero-order valence-corrected chi connectivity index (χ0v) is 12.2. The van der Waals surface area contributed by atoms with Crippen LogP contribution in [-0.2, 0) is 9.36 Å². The van der Waals surface area contributed by atoms with Gasteiger partial charge in [-0.2, -0.15) is 0 Å². The second-order valence-electron chi connectivity index (χ2n) is 4.72. The highest BCUT2D eigenvalue weighted by Gasteiger charge is 2.33. The highest BCUT2D eigenvalue weighted by Crippen LogP contribution is 2.54. The van der Waals surface area contributed by atoms with Crippen molar-refractivity contribution in [2.75, 3.05) is 6.54 Å². The molecule has 2 aromatic rings. The third-order valence-electron chi connectivity index (χ3n) is 3.16. The quantitative estimate of drug-likeness (QED) is 0.443. The number of nitrogens with zero attached hydrogens (tertiary/aromatic N) is 1. The van der Waals surface area contributed by atoms with Crippen LogP contribution in [-0.4, -0.2) is 32.5 Å². The molecule has 8 heteroatoms. The van der Waals surface area contributed by atoms with E-state index in [1.165, 1.54) is 0 Å². The first-order valence-corrected chi connectivity index (χ1v) is 7.98. The molecular formula is C13H16NO6P. The van der Waals surface area contributed by atoms with Crippen LogP contribution in [0.5, 0.6) is 0 Å². The summed E-state index contributed by atoms with van der Waals surface area (Å²) in [4.78, 5) is 29.9. The molecule has 1 heterocycles. The molecule has 0 saturated heterocycles. The van der Waals surface area contributed by atoms with E-state index in [2.05, 4.69) is 0 Å². The van der Waals surface area contributed by atoms with Gasteiger partial charge in [-0.1, -0.05) is 18.2 Å². The largest absolute Gasteiger partial charge is 0.460 e. The molecule has 0 spiro atoms. The Morgan fingerprint density at radius 2 is 2.05 bits per heavy atom. The van der Waals surface area contributed by atoms with Crippen molar-refractivity contribution in [3.8, 4) is 0 Å². The molecule has 2 rings (SSSR count). The van der Waals surface area contributed by atoms with Gasteiger partial charge in [0.1, 0.15) is 17.0 Å². The summed E-state index contributed by atoms with van der Waals surface area (Å²) in [7, 11) is -4.48. The van der Waals surface area contributed by atoms with Crippen LogP contribution in [0.2, 0.25) is 0 Å². The SMILES string of the molecule is CC(=O)N(O)CCC(c1cc2ccccc2o1)P(=O)(O)O. The van der Waals surface area contributed by atoms with Gasteiger partial charge in [0.2, 0.25) is 5.91 Å². The molecule has 0 saturated carbocycles. The van der Waals surface area contributed by atoms with Crippen molar-refractivity contribution < 1.29 is 28.8 Å². The van der Waals surface area contributed by atoms with Gasteiger partial charge in [0.15, 0.2) is 0 Å². The Hall–Kier alpha value is -1.66. The summed E-state index contributed by atoms with van der Waals surface area (Å²) in [5, 5.41) is 10.5. The second kappa shape index (κ2) is 5.99. The van der Waals surface area contributed by atoms with Crippen LogP contribution in [0, 0.1) is 0 Å². The molecule has 3 N–H and O–H groups in total. The Bertz CT molecular complexity index is 658. The zero-order valence-electron chi connectivity index (χ0n) is 11.3. The van der Waals surface area contributed by atoms with E-state index in [0.717, 1.165) is 12.3 Å². The van der Waals surface area contributed by atoms with Gasteiger partial charge >= 0.3 is 7.60 Å². The maximum atomic E-state index is 11.6. The Labute approximate surface area is 120 Å². The van der Waals surface area contributed by atoms with Gasteiger partial charge in [0.05, 0.1) is 0 Å². The zero-order chi connectivity index (χ0) is 15.6.